The first-order chi connectivity index (χ1) is 10.6. The van der Waals surface area contributed by atoms with Gasteiger partial charge in [-0.15, -0.1) is 0 Å². The van der Waals surface area contributed by atoms with Crippen molar-refractivity contribution in [1.29, 1.82) is 0 Å². The first-order valence-corrected chi connectivity index (χ1v) is 6.87. The number of ether oxygens (including phenoxy) is 1. The van der Waals surface area contributed by atoms with Gasteiger partial charge in [-0.25, -0.2) is 0 Å². The first-order valence-electron chi connectivity index (χ1n) is 6.87. The van der Waals surface area contributed by atoms with Gasteiger partial charge in [0.05, 0.1) is 13.5 Å². The Balaban J connectivity index is 2.00. The van der Waals surface area contributed by atoms with E-state index in [2.05, 4.69) is 10.6 Å². The summed E-state index contributed by atoms with van der Waals surface area (Å²) in [4.78, 5) is 23.4. The van der Waals surface area contributed by atoms with Gasteiger partial charge in [0.25, 0.3) is 5.91 Å². The molecule has 2 amide bonds. The summed E-state index contributed by atoms with van der Waals surface area (Å²) in [6, 6.07) is 14.1. The van der Waals surface area contributed by atoms with Crippen LogP contribution in [-0.2, 0) is 11.2 Å². The van der Waals surface area contributed by atoms with E-state index in [9.17, 15) is 9.59 Å². The monoisotopic (exact) mass is 298 g/mol. The van der Waals surface area contributed by atoms with Gasteiger partial charge in [0, 0.05) is 18.3 Å². The van der Waals surface area contributed by atoms with Gasteiger partial charge >= 0.3 is 0 Å². The van der Waals surface area contributed by atoms with Gasteiger partial charge in [-0.2, -0.15) is 0 Å². The highest BCUT2D eigenvalue weighted by Gasteiger charge is 2.07. The van der Waals surface area contributed by atoms with E-state index in [4.69, 9.17) is 4.74 Å². The van der Waals surface area contributed by atoms with E-state index in [0.29, 0.717) is 23.4 Å². The van der Waals surface area contributed by atoms with E-state index in [-0.39, 0.29) is 11.8 Å². The molecule has 0 aliphatic carbocycles. The van der Waals surface area contributed by atoms with E-state index in [0.717, 1.165) is 5.56 Å². The maximum absolute atomic E-state index is 12.1. The van der Waals surface area contributed by atoms with E-state index in [1.165, 1.54) is 0 Å². The molecule has 2 aromatic carbocycles. The number of amides is 2. The van der Waals surface area contributed by atoms with E-state index < -0.39 is 0 Å². The summed E-state index contributed by atoms with van der Waals surface area (Å²) in [6.45, 7) is 0. The Morgan fingerprint density at radius 2 is 1.64 bits per heavy atom. The zero-order valence-corrected chi connectivity index (χ0v) is 12.6. The first kappa shape index (κ1) is 15.6. The van der Waals surface area contributed by atoms with E-state index in [1.807, 2.05) is 12.1 Å². The van der Waals surface area contributed by atoms with Gasteiger partial charge in [-0.05, 0) is 42.0 Å². The van der Waals surface area contributed by atoms with Crippen LogP contribution in [0.1, 0.15) is 15.9 Å². The Kier molecular flexibility index (Phi) is 5.14. The lowest BCUT2D eigenvalue weighted by molar-refractivity contribution is -0.119. The van der Waals surface area contributed by atoms with Crippen molar-refractivity contribution in [3.63, 3.8) is 0 Å². The molecular weight excluding hydrogens is 280 g/mol. The van der Waals surface area contributed by atoms with E-state index in [1.54, 1.807) is 50.6 Å². The minimum absolute atomic E-state index is 0.0463. The largest absolute Gasteiger partial charge is 0.497 e. The fraction of sp³-hybridized carbons (Fsp3) is 0.176. The third-order valence-corrected chi connectivity index (χ3v) is 3.21. The minimum atomic E-state index is -0.193. The minimum Gasteiger partial charge on any atom is -0.497 e. The number of carbonyl (C=O) groups is 2. The topological polar surface area (TPSA) is 67.4 Å². The Morgan fingerprint density at radius 3 is 2.18 bits per heavy atom. The molecule has 0 aromatic heterocycles. The molecule has 5 heteroatoms. The Bertz CT molecular complexity index is 649. The van der Waals surface area contributed by atoms with Crippen molar-refractivity contribution in [3.8, 4) is 5.75 Å². The molecule has 0 atom stereocenters. The average molecular weight is 298 g/mol. The molecule has 0 unspecified atom stereocenters. The average Bonchev–Trinajstić information content (AvgIpc) is 2.56. The molecule has 0 saturated carbocycles. The quantitative estimate of drug-likeness (QED) is 0.889. The Hall–Kier alpha value is -2.82. The van der Waals surface area contributed by atoms with Crippen LogP contribution in [0.4, 0.5) is 5.69 Å². The molecule has 2 rings (SSSR count). The van der Waals surface area contributed by atoms with Crippen molar-refractivity contribution >= 4 is 17.5 Å². The SMILES string of the molecule is CNC(=O)Cc1ccc(NC(=O)c2ccc(OC)cc2)cc1. The summed E-state index contributed by atoms with van der Waals surface area (Å²) in [5.41, 5.74) is 2.12. The summed E-state index contributed by atoms with van der Waals surface area (Å²) in [5.74, 6) is 0.465. The van der Waals surface area contributed by atoms with Crippen LogP contribution in [0.5, 0.6) is 5.75 Å². The molecule has 0 aliphatic rings. The molecule has 0 radical (unpaired) electrons. The van der Waals surface area contributed by atoms with Crippen LogP contribution in [0.3, 0.4) is 0 Å². The van der Waals surface area contributed by atoms with Crippen molar-refractivity contribution in [2.45, 2.75) is 6.42 Å². The highest BCUT2D eigenvalue weighted by molar-refractivity contribution is 6.04. The number of anilines is 1. The highest BCUT2D eigenvalue weighted by Crippen LogP contribution is 2.14. The number of likely N-dealkylation sites (N-methyl/N-ethyl adjacent to an activating group) is 1. The van der Waals surface area contributed by atoms with Gasteiger partial charge in [0.15, 0.2) is 0 Å². The molecule has 5 nitrogen and oxygen atoms in total. The third kappa shape index (κ3) is 4.09. The maximum atomic E-state index is 12.1. The van der Waals surface area contributed by atoms with Gasteiger partial charge in [0.1, 0.15) is 5.75 Å². The maximum Gasteiger partial charge on any atom is 0.255 e. The van der Waals surface area contributed by atoms with Crippen LogP contribution in [0.15, 0.2) is 48.5 Å². The second kappa shape index (κ2) is 7.26. The van der Waals surface area contributed by atoms with Crippen LogP contribution in [-0.4, -0.2) is 26.0 Å². The van der Waals surface area contributed by atoms with Crippen LogP contribution in [0, 0.1) is 0 Å². The van der Waals surface area contributed by atoms with Crippen LogP contribution >= 0.6 is 0 Å². The van der Waals surface area contributed by atoms with Gasteiger partial charge in [-0.1, -0.05) is 12.1 Å². The number of hydrogen-bond donors (Lipinski definition) is 2. The Labute approximate surface area is 129 Å². The van der Waals surface area contributed by atoms with Gasteiger partial charge < -0.3 is 15.4 Å². The predicted molar refractivity (Wildman–Crippen MR) is 85.2 cm³/mol. The van der Waals surface area contributed by atoms with Crippen LogP contribution in [0.2, 0.25) is 0 Å². The standard InChI is InChI=1S/C17H18N2O3/c1-18-16(20)11-12-3-7-14(8-4-12)19-17(21)13-5-9-15(22-2)10-6-13/h3-10H,11H2,1-2H3,(H,18,20)(H,19,21). The zero-order chi connectivity index (χ0) is 15.9. The second-order valence-corrected chi connectivity index (χ2v) is 4.73. The van der Waals surface area contributed by atoms with Gasteiger partial charge in [-0.3, -0.25) is 9.59 Å². The highest BCUT2D eigenvalue weighted by atomic mass is 16.5. The number of nitrogens with one attached hydrogen (secondary N) is 2. The summed E-state index contributed by atoms with van der Waals surface area (Å²) in [7, 11) is 3.18. The van der Waals surface area contributed by atoms with Crippen molar-refractivity contribution in [3.05, 3.63) is 59.7 Å². The smallest absolute Gasteiger partial charge is 0.255 e. The third-order valence-electron chi connectivity index (χ3n) is 3.21. The van der Waals surface area contributed by atoms with E-state index >= 15 is 0 Å². The predicted octanol–water partition coefficient (Wildman–Crippen LogP) is 2.24. The number of hydrogen-bond acceptors (Lipinski definition) is 3. The Morgan fingerprint density at radius 1 is 1.00 bits per heavy atom. The molecule has 0 bridgehead atoms. The van der Waals surface area contributed by atoms with Crippen molar-refractivity contribution < 1.29 is 14.3 Å². The molecule has 22 heavy (non-hydrogen) atoms. The fourth-order valence-corrected chi connectivity index (χ4v) is 1.93. The molecule has 2 N–H and O–H groups in total. The molecule has 0 saturated heterocycles. The molecule has 0 aliphatic heterocycles. The molecule has 0 spiro atoms. The number of rotatable bonds is 5. The fourth-order valence-electron chi connectivity index (χ4n) is 1.93. The molecular formula is C17H18N2O3. The van der Waals surface area contributed by atoms with Crippen LogP contribution in [0.25, 0.3) is 0 Å². The van der Waals surface area contributed by atoms with Crippen molar-refractivity contribution in [2.24, 2.45) is 0 Å². The number of benzene rings is 2. The second-order valence-electron chi connectivity index (χ2n) is 4.73. The lowest BCUT2D eigenvalue weighted by Crippen LogP contribution is -2.19. The van der Waals surface area contributed by atoms with Gasteiger partial charge in [0.2, 0.25) is 5.91 Å². The summed E-state index contributed by atoms with van der Waals surface area (Å²) in [5, 5.41) is 5.38. The summed E-state index contributed by atoms with van der Waals surface area (Å²) < 4.78 is 5.06. The zero-order valence-electron chi connectivity index (χ0n) is 12.6. The molecule has 0 fully saturated rings. The van der Waals surface area contributed by atoms with Crippen molar-refractivity contribution in [2.75, 3.05) is 19.5 Å². The van der Waals surface area contributed by atoms with Crippen molar-refractivity contribution in [1.82, 2.24) is 5.32 Å². The summed E-state index contributed by atoms with van der Waals surface area (Å²) in [6.07, 6.45) is 0.323. The number of methoxy groups -OCH3 is 1. The molecule has 2 aromatic rings. The normalized spacial score (nSPS) is 9.91. The lowest BCUT2D eigenvalue weighted by atomic mass is 10.1. The molecule has 114 valence electrons. The lowest BCUT2D eigenvalue weighted by Gasteiger charge is -2.07. The van der Waals surface area contributed by atoms with Crippen LogP contribution < -0.4 is 15.4 Å². The molecule has 0 heterocycles. The number of carbonyl (C=O) groups excluding carboxylic acids is 2. The summed E-state index contributed by atoms with van der Waals surface area (Å²) >= 11 is 0.